The molecule has 0 saturated carbocycles. The highest BCUT2D eigenvalue weighted by molar-refractivity contribution is 7.18. The Morgan fingerprint density at radius 3 is 2.70 bits per heavy atom. The average molecular weight is 388 g/mol. The Kier molecular flexibility index (Phi) is 5.46. The molecule has 2 atom stereocenters. The Morgan fingerprint density at radius 1 is 1.30 bits per heavy atom. The smallest absolute Gasteiger partial charge is 0.255 e. The molecule has 2 heterocycles. The van der Waals surface area contributed by atoms with E-state index in [0.29, 0.717) is 25.2 Å². The first-order chi connectivity index (χ1) is 12.8. The number of rotatable bonds is 3. The van der Waals surface area contributed by atoms with Crippen LogP contribution in [0, 0.1) is 6.92 Å². The third-order valence-corrected chi connectivity index (χ3v) is 5.76. The highest BCUT2D eigenvalue weighted by atomic mass is 32.1. The van der Waals surface area contributed by atoms with Crippen LogP contribution in [0.3, 0.4) is 0 Å². The van der Waals surface area contributed by atoms with Crippen LogP contribution in [0.25, 0.3) is 10.2 Å². The van der Waals surface area contributed by atoms with Gasteiger partial charge in [-0.2, -0.15) is 0 Å². The Labute approximate surface area is 162 Å². The molecule has 1 saturated heterocycles. The number of fused-ring (bicyclic) bond motifs is 1. The summed E-state index contributed by atoms with van der Waals surface area (Å²) in [7, 11) is 0. The number of aryl methyl sites for hydroxylation is 1. The number of benzene rings is 1. The molecule has 0 radical (unpaired) electrons. The molecule has 27 heavy (non-hydrogen) atoms. The van der Waals surface area contributed by atoms with Crippen molar-refractivity contribution < 1.29 is 14.4 Å². The number of hydrogen-bond acceptors (Lipinski definition) is 5. The summed E-state index contributed by atoms with van der Waals surface area (Å²) >= 11 is 1.52. The van der Waals surface area contributed by atoms with Crippen LogP contribution in [0.1, 0.15) is 36.1 Å². The van der Waals surface area contributed by atoms with Gasteiger partial charge in [0.25, 0.3) is 5.91 Å². The van der Waals surface area contributed by atoms with Crippen molar-refractivity contribution in [1.82, 2.24) is 20.1 Å². The van der Waals surface area contributed by atoms with Crippen LogP contribution >= 0.6 is 11.3 Å². The lowest BCUT2D eigenvalue weighted by Crippen LogP contribution is -2.59. The molecule has 2 aromatic rings. The van der Waals surface area contributed by atoms with E-state index in [2.05, 4.69) is 10.3 Å². The number of piperazine rings is 1. The maximum absolute atomic E-state index is 13.1. The fourth-order valence-corrected chi connectivity index (χ4v) is 4.41. The number of hydrogen-bond donors (Lipinski definition) is 1. The van der Waals surface area contributed by atoms with Gasteiger partial charge in [0.2, 0.25) is 11.8 Å². The molecule has 8 heteroatoms. The maximum Gasteiger partial charge on any atom is 0.255 e. The minimum Gasteiger partial charge on any atom is -0.345 e. The van der Waals surface area contributed by atoms with Crippen LogP contribution in [0.15, 0.2) is 18.2 Å². The Bertz CT molecular complexity index is 894. The van der Waals surface area contributed by atoms with Crippen LogP contribution in [0.5, 0.6) is 0 Å². The first-order valence-corrected chi connectivity index (χ1v) is 9.82. The van der Waals surface area contributed by atoms with Crippen molar-refractivity contribution in [3.8, 4) is 0 Å². The molecular formula is C19H24N4O3S. The molecule has 1 aromatic carbocycles. The monoisotopic (exact) mass is 388 g/mol. The van der Waals surface area contributed by atoms with Crippen molar-refractivity contribution in [3.63, 3.8) is 0 Å². The molecule has 0 spiro atoms. The summed E-state index contributed by atoms with van der Waals surface area (Å²) in [4.78, 5) is 44.8. The van der Waals surface area contributed by atoms with E-state index < -0.39 is 6.04 Å². The number of nitrogens with zero attached hydrogens (tertiary/aromatic N) is 3. The van der Waals surface area contributed by atoms with Crippen LogP contribution in [0.4, 0.5) is 0 Å². The summed E-state index contributed by atoms with van der Waals surface area (Å²) in [5.74, 6) is -0.381. The van der Waals surface area contributed by atoms with E-state index in [4.69, 9.17) is 0 Å². The fourth-order valence-electron chi connectivity index (χ4n) is 3.48. The molecule has 1 N–H and O–H groups in total. The summed E-state index contributed by atoms with van der Waals surface area (Å²) in [6.45, 7) is 8.32. The first kappa shape index (κ1) is 19.3. The van der Waals surface area contributed by atoms with Gasteiger partial charge in [-0.05, 0) is 32.9 Å². The SMILES string of the molecule is CC(=O)N[C@@H](C)C(=O)N1CCN(C(=O)c2cccc3nc(C)sc23)C[C@H]1C. The standard InChI is InChI=1S/C19H24N4O3S/c1-11-10-22(8-9-23(11)18(25)12(2)20-13(3)24)19(26)15-6-5-7-16-17(15)27-14(4)21-16/h5-7,11-12H,8-10H2,1-4H3,(H,20,24)/t11-,12+/m1/s1. The number of amides is 3. The van der Waals surface area contributed by atoms with Gasteiger partial charge in [0.1, 0.15) is 6.04 Å². The molecule has 144 valence electrons. The summed E-state index contributed by atoms with van der Waals surface area (Å²) in [5.41, 5.74) is 1.51. The zero-order chi connectivity index (χ0) is 19.7. The largest absolute Gasteiger partial charge is 0.345 e. The highest BCUT2D eigenvalue weighted by Crippen LogP contribution is 2.27. The zero-order valence-corrected chi connectivity index (χ0v) is 16.8. The second-order valence-electron chi connectivity index (χ2n) is 6.94. The van der Waals surface area contributed by atoms with E-state index in [1.165, 1.54) is 18.3 Å². The van der Waals surface area contributed by atoms with E-state index in [0.717, 1.165) is 15.2 Å². The van der Waals surface area contributed by atoms with Crippen molar-refractivity contribution in [2.45, 2.75) is 39.8 Å². The summed E-state index contributed by atoms with van der Waals surface area (Å²) in [5, 5.41) is 3.56. The minimum atomic E-state index is -0.568. The lowest BCUT2D eigenvalue weighted by Gasteiger charge is -2.41. The molecular weight excluding hydrogens is 364 g/mol. The Morgan fingerprint density at radius 2 is 2.04 bits per heavy atom. The molecule has 7 nitrogen and oxygen atoms in total. The minimum absolute atomic E-state index is 0.0295. The third-order valence-electron chi connectivity index (χ3n) is 4.74. The van der Waals surface area contributed by atoms with E-state index in [9.17, 15) is 14.4 Å². The lowest BCUT2D eigenvalue weighted by molar-refractivity contribution is -0.139. The summed E-state index contributed by atoms with van der Waals surface area (Å²) in [6.07, 6.45) is 0. The summed E-state index contributed by atoms with van der Waals surface area (Å²) < 4.78 is 0.908. The Balaban J connectivity index is 1.73. The van der Waals surface area contributed by atoms with E-state index in [1.807, 2.05) is 32.0 Å². The fraction of sp³-hybridized carbons (Fsp3) is 0.474. The van der Waals surface area contributed by atoms with Crippen molar-refractivity contribution in [3.05, 3.63) is 28.8 Å². The van der Waals surface area contributed by atoms with Gasteiger partial charge in [-0.25, -0.2) is 4.98 Å². The van der Waals surface area contributed by atoms with E-state index in [-0.39, 0.29) is 23.8 Å². The number of thiazole rings is 1. The topological polar surface area (TPSA) is 82.6 Å². The molecule has 1 aliphatic rings. The highest BCUT2D eigenvalue weighted by Gasteiger charge is 2.33. The summed E-state index contributed by atoms with van der Waals surface area (Å²) in [6, 6.07) is 4.92. The second kappa shape index (κ2) is 7.64. The number of carbonyl (C=O) groups is 3. The molecule has 1 fully saturated rings. The van der Waals surface area contributed by atoms with Crippen LogP contribution in [-0.2, 0) is 9.59 Å². The third kappa shape index (κ3) is 3.95. The molecule has 3 rings (SSSR count). The lowest BCUT2D eigenvalue weighted by atomic mass is 10.1. The van der Waals surface area contributed by atoms with Gasteiger partial charge in [0, 0.05) is 32.6 Å². The average Bonchev–Trinajstić information content (AvgIpc) is 2.99. The molecule has 1 aliphatic heterocycles. The molecule has 0 bridgehead atoms. The van der Waals surface area contributed by atoms with E-state index >= 15 is 0 Å². The predicted molar refractivity (Wildman–Crippen MR) is 105 cm³/mol. The van der Waals surface area contributed by atoms with E-state index in [1.54, 1.807) is 16.7 Å². The molecule has 0 aliphatic carbocycles. The van der Waals surface area contributed by atoms with Crippen molar-refractivity contribution >= 4 is 39.3 Å². The zero-order valence-electron chi connectivity index (χ0n) is 16.0. The molecule has 1 aromatic heterocycles. The number of aromatic nitrogens is 1. The van der Waals surface area contributed by atoms with Crippen LogP contribution in [-0.4, -0.2) is 64.2 Å². The van der Waals surface area contributed by atoms with Gasteiger partial charge in [-0.3, -0.25) is 14.4 Å². The Hall–Kier alpha value is -2.48. The van der Waals surface area contributed by atoms with Crippen molar-refractivity contribution in [2.75, 3.05) is 19.6 Å². The molecule has 3 amide bonds. The van der Waals surface area contributed by atoms with Crippen molar-refractivity contribution in [1.29, 1.82) is 0 Å². The van der Waals surface area contributed by atoms with Crippen molar-refractivity contribution in [2.24, 2.45) is 0 Å². The van der Waals surface area contributed by atoms with Crippen LogP contribution < -0.4 is 5.32 Å². The van der Waals surface area contributed by atoms with Gasteiger partial charge in [-0.15, -0.1) is 11.3 Å². The second-order valence-corrected chi connectivity index (χ2v) is 8.14. The predicted octanol–water partition coefficient (Wildman–Crippen LogP) is 1.80. The normalized spacial score (nSPS) is 18.4. The molecule has 0 unspecified atom stereocenters. The first-order valence-electron chi connectivity index (χ1n) is 9.01. The number of carbonyl (C=O) groups excluding carboxylic acids is 3. The van der Waals surface area contributed by atoms with Crippen LogP contribution in [0.2, 0.25) is 0 Å². The quantitative estimate of drug-likeness (QED) is 0.869. The van der Waals surface area contributed by atoms with Gasteiger partial charge in [0.15, 0.2) is 0 Å². The van der Waals surface area contributed by atoms with Gasteiger partial charge in [-0.1, -0.05) is 6.07 Å². The van der Waals surface area contributed by atoms with Gasteiger partial charge < -0.3 is 15.1 Å². The maximum atomic E-state index is 13.1. The van der Waals surface area contributed by atoms with Gasteiger partial charge in [0.05, 0.1) is 20.8 Å². The van der Waals surface area contributed by atoms with Gasteiger partial charge >= 0.3 is 0 Å². The number of nitrogens with one attached hydrogen (secondary N) is 1.